The van der Waals surface area contributed by atoms with E-state index in [2.05, 4.69) is 34.6 Å². The summed E-state index contributed by atoms with van der Waals surface area (Å²) in [6.45, 7) is 10.8. The second-order valence-electron chi connectivity index (χ2n) is 6.55. The molecule has 2 aliphatic rings. The molecule has 3 heteroatoms. The number of rotatable bonds is 4. The summed E-state index contributed by atoms with van der Waals surface area (Å²) in [5.41, 5.74) is -0.334. The van der Waals surface area contributed by atoms with Crippen LogP contribution in [0.1, 0.15) is 66.7 Å². The highest BCUT2D eigenvalue weighted by molar-refractivity contribution is 6.51. The monoisotopic (exact) mass is 224 g/mol. The molecule has 2 rings (SSSR count). The summed E-state index contributed by atoms with van der Waals surface area (Å²) < 4.78 is 12.3. The van der Waals surface area contributed by atoms with Gasteiger partial charge < -0.3 is 9.31 Å². The zero-order valence-electron chi connectivity index (χ0n) is 11.4. The van der Waals surface area contributed by atoms with Crippen LogP contribution in [0.5, 0.6) is 0 Å². The third-order valence-corrected chi connectivity index (χ3v) is 4.67. The molecule has 1 aliphatic carbocycles. The van der Waals surface area contributed by atoms with E-state index in [-0.39, 0.29) is 18.3 Å². The highest BCUT2D eigenvalue weighted by atomic mass is 16.7. The molecular formula is C13H25BO2. The van der Waals surface area contributed by atoms with Crippen molar-refractivity contribution in [2.45, 2.75) is 83.2 Å². The van der Waals surface area contributed by atoms with Gasteiger partial charge >= 0.3 is 7.12 Å². The lowest BCUT2D eigenvalue weighted by Gasteiger charge is -2.32. The first-order valence-corrected chi connectivity index (χ1v) is 6.69. The average Bonchev–Trinajstić information content (AvgIpc) is 2.89. The summed E-state index contributed by atoms with van der Waals surface area (Å²) in [5, 5.41) is 0.348. The Hall–Kier alpha value is -0.0151. The third-order valence-electron chi connectivity index (χ3n) is 4.67. The van der Waals surface area contributed by atoms with Crippen LogP contribution >= 0.6 is 0 Å². The van der Waals surface area contributed by atoms with E-state index in [4.69, 9.17) is 9.31 Å². The molecule has 92 valence electrons. The average molecular weight is 224 g/mol. The summed E-state index contributed by atoms with van der Waals surface area (Å²) in [7, 11) is 0.0315. The normalized spacial score (nSPS) is 29.4. The van der Waals surface area contributed by atoms with Gasteiger partial charge in [0.05, 0.1) is 11.2 Å². The maximum absolute atomic E-state index is 6.17. The van der Waals surface area contributed by atoms with Gasteiger partial charge in [0.2, 0.25) is 0 Å². The Morgan fingerprint density at radius 1 is 1.00 bits per heavy atom. The predicted octanol–water partition coefficient (Wildman–Crippen LogP) is 3.80. The minimum absolute atomic E-state index is 0.0315. The summed E-state index contributed by atoms with van der Waals surface area (Å²) in [5.74, 6) is 0. The van der Waals surface area contributed by atoms with E-state index in [1.165, 1.54) is 32.1 Å². The van der Waals surface area contributed by atoms with Crippen molar-refractivity contribution in [1.29, 1.82) is 0 Å². The van der Waals surface area contributed by atoms with Crippen LogP contribution in [0, 0.1) is 0 Å². The quantitative estimate of drug-likeness (QED) is 0.676. The Bertz CT molecular complexity index is 253. The smallest absolute Gasteiger partial charge is 0.403 e. The fraction of sp³-hybridized carbons (Fsp3) is 1.00. The van der Waals surface area contributed by atoms with Crippen molar-refractivity contribution in [1.82, 2.24) is 0 Å². The molecule has 1 aliphatic heterocycles. The molecule has 1 saturated heterocycles. The second-order valence-corrected chi connectivity index (χ2v) is 6.55. The molecule has 0 bridgehead atoms. The second kappa shape index (κ2) is 3.74. The lowest BCUT2D eigenvalue weighted by molar-refractivity contribution is 0.00578. The van der Waals surface area contributed by atoms with Crippen molar-refractivity contribution in [3.8, 4) is 0 Å². The van der Waals surface area contributed by atoms with Gasteiger partial charge in [-0.25, -0.2) is 0 Å². The SMILES string of the molecule is CCCCC1(B2OC(C)(C)C(C)(C)O2)CC1. The van der Waals surface area contributed by atoms with Crippen molar-refractivity contribution in [2.75, 3.05) is 0 Å². The number of hydrogen-bond donors (Lipinski definition) is 0. The molecule has 0 aromatic rings. The van der Waals surface area contributed by atoms with Gasteiger partial charge in [-0.05, 0) is 47.0 Å². The van der Waals surface area contributed by atoms with Gasteiger partial charge in [-0.3, -0.25) is 0 Å². The van der Waals surface area contributed by atoms with Gasteiger partial charge in [0.15, 0.2) is 0 Å². The molecule has 0 unspecified atom stereocenters. The maximum Gasteiger partial charge on any atom is 0.464 e. The molecule has 0 N–H and O–H groups in total. The topological polar surface area (TPSA) is 18.5 Å². The van der Waals surface area contributed by atoms with E-state index in [9.17, 15) is 0 Å². The van der Waals surface area contributed by atoms with Crippen molar-refractivity contribution in [3.63, 3.8) is 0 Å². The summed E-state index contributed by atoms with van der Waals surface area (Å²) >= 11 is 0. The number of hydrogen-bond acceptors (Lipinski definition) is 2. The Morgan fingerprint density at radius 2 is 1.50 bits per heavy atom. The van der Waals surface area contributed by atoms with Gasteiger partial charge in [0.25, 0.3) is 0 Å². The lowest BCUT2D eigenvalue weighted by Crippen LogP contribution is -2.41. The summed E-state index contributed by atoms with van der Waals surface area (Å²) in [4.78, 5) is 0. The fourth-order valence-electron chi connectivity index (χ4n) is 2.39. The highest BCUT2D eigenvalue weighted by Crippen LogP contribution is 2.63. The Kier molecular flexibility index (Phi) is 2.91. The van der Waals surface area contributed by atoms with Gasteiger partial charge in [-0.1, -0.05) is 19.8 Å². The van der Waals surface area contributed by atoms with E-state index in [0.717, 1.165) is 0 Å². The molecule has 0 aromatic carbocycles. The van der Waals surface area contributed by atoms with Crippen molar-refractivity contribution >= 4 is 7.12 Å². The molecule has 0 radical (unpaired) electrons. The molecule has 2 fully saturated rings. The first-order valence-electron chi connectivity index (χ1n) is 6.69. The maximum atomic E-state index is 6.17. The van der Waals surface area contributed by atoms with E-state index in [1.807, 2.05) is 0 Å². The molecule has 1 heterocycles. The van der Waals surface area contributed by atoms with Crippen LogP contribution in [-0.4, -0.2) is 18.3 Å². The molecule has 0 amide bonds. The fourth-order valence-corrected chi connectivity index (χ4v) is 2.39. The first kappa shape index (κ1) is 12.4. The lowest BCUT2D eigenvalue weighted by atomic mass is 9.65. The third kappa shape index (κ3) is 1.93. The first-order chi connectivity index (χ1) is 7.33. The summed E-state index contributed by atoms with van der Waals surface area (Å²) in [6.07, 6.45) is 6.39. The van der Waals surface area contributed by atoms with Crippen molar-refractivity contribution in [3.05, 3.63) is 0 Å². The van der Waals surface area contributed by atoms with Crippen LogP contribution in [0.2, 0.25) is 5.31 Å². The predicted molar refractivity (Wildman–Crippen MR) is 67.5 cm³/mol. The van der Waals surface area contributed by atoms with E-state index in [0.29, 0.717) is 5.31 Å². The molecule has 1 saturated carbocycles. The van der Waals surface area contributed by atoms with Crippen LogP contribution < -0.4 is 0 Å². The molecule has 0 aromatic heterocycles. The van der Waals surface area contributed by atoms with Gasteiger partial charge in [-0.15, -0.1) is 0 Å². The van der Waals surface area contributed by atoms with Crippen LogP contribution in [0.4, 0.5) is 0 Å². The van der Waals surface area contributed by atoms with E-state index < -0.39 is 0 Å². The summed E-state index contributed by atoms with van der Waals surface area (Å²) in [6, 6.07) is 0. The Balaban J connectivity index is 2.03. The minimum atomic E-state index is -0.167. The Labute approximate surface area is 100 Å². The van der Waals surface area contributed by atoms with Gasteiger partial charge in [0.1, 0.15) is 0 Å². The van der Waals surface area contributed by atoms with Gasteiger partial charge in [-0.2, -0.15) is 0 Å². The Morgan fingerprint density at radius 3 is 1.88 bits per heavy atom. The molecular weight excluding hydrogens is 199 g/mol. The van der Waals surface area contributed by atoms with Crippen molar-refractivity contribution in [2.24, 2.45) is 0 Å². The standard InChI is InChI=1S/C13H25BO2/c1-6-7-8-13(9-10-13)14-15-11(2,3)12(4,5)16-14/h6-10H2,1-5H3. The molecule has 0 spiro atoms. The molecule has 2 nitrogen and oxygen atoms in total. The van der Waals surface area contributed by atoms with Gasteiger partial charge in [0, 0.05) is 5.31 Å². The zero-order valence-corrected chi connectivity index (χ0v) is 11.4. The van der Waals surface area contributed by atoms with Crippen molar-refractivity contribution < 1.29 is 9.31 Å². The van der Waals surface area contributed by atoms with Crippen LogP contribution in [0.25, 0.3) is 0 Å². The highest BCUT2D eigenvalue weighted by Gasteiger charge is 2.63. The number of unbranched alkanes of at least 4 members (excludes halogenated alkanes) is 1. The minimum Gasteiger partial charge on any atom is -0.403 e. The van der Waals surface area contributed by atoms with E-state index >= 15 is 0 Å². The zero-order chi connectivity index (χ0) is 12.0. The molecule has 16 heavy (non-hydrogen) atoms. The van der Waals surface area contributed by atoms with Crippen LogP contribution in [0.3, 0.4) is 0 Å². The molecule has 0 atom stereocenters. The van der Waals surface area contributed by atoms with Crippen LogP contribution in [-0.2, 0) is 9.31 Å². The van der Waals surface area contributed by atoms with Crippen LogP contribution in [0.15, 0.2) is 0 Å². The van der Waals surface area contributed by atoms with E-state index in [1.54, 1.807) is 0 Å². The largest absolute Gasteiger partial charge is 0.464 e.